The van der Waals surface area contributed by atoms with Crippen molar-refractivity contribution < 1.29 is 29.8 Å². The highest BCUT2D eigenvalue weighted by atomic mass is 16.6. The van der Waals surface area contributed by atoms with Crippen molar-refractivity contribution in [1.82, 2.24) is 24.4 Å². The Morgan fingerprint density at radius 1 is 1.18 bits per heavy atom. The molecule has 0 unspecified atom stereocenters. The molecule has 3 heterocycles. The molecule has 1 aliphatic heterocycles. The predicted molar refractivity (Wildman–Crippen MR) is 134 cm³/mol. The number of nitrogens with two attached hydrogens (primary N) is 2. The summed E-state index contributed by atoms with van der Waals surface area (Å²) in [6.07, 6.45) is -0.165. The maximum atomic E-state index is 11.2. The fourth-order valence-electron chi connectivity index (χ4n) is 4.45. The number of aromatic nitrogens is 4. The zero-order chi connectivity index (χ0) is 27.4. The lowest BCUT2D eigenvalue weighted by Gasteiger charge is -2.27. The number of nitro benzene ring substituents is 1. The quantitative estimate of drug-likeness (QED) is 0.149. The van der Waals surface area contributed by atoms with E-state index in [0.717, 1.165) is 5.56 Å². The highest BCUT2D eigenvalue weighted by Crippen LogP contribution is 2.32. The molecule has 0 aliphatic carbocycles. The van der Waals surface area contributed by atoms with Crippen LogP contribution in [0.25, 0.3) is 11.2 Å². The fourth-order valence-corrected chi connectivity index (χ4v) is 4.45. The predicted octanol–water partition coefficient (Wildman–Crippen LogP) is -0.327. The Morgan fingerprint density at radius 3 is 2.61 bits per heavy atom. The number of imidazole rings is 1. The summed E-state index contributed by atoms with van der Waals surface area (Å²) in [5.74, 6) is -0.941. The first-order valence-electron chi connectivity index (χ1n) is 12.0. The summed E-state index contributed by atoms with van der Waals surface area (Å²) >= 11 is 0. The molecule has 1 aromatic carbocycles. The van der Waals surface area contributed by atoms with Crippen LogP contribution in [-0.4, -0.2) is 94.6 Å². The molecule has 0 saturated carbocycles. The van der Waals surface area contributed by atoms with Gasteiger partial charge in [-0.05, 0) is 31.4 Å². The van der Waals surface area contributed by atoms with E-state index in [1.165, 1.54) is 29.4 Å². The lowest BCUT2D eigenvalue weighted by Crippen LogP contribution is -2.43. The van der Waals surface area contributed by atoms with E-state index in [9.17, 15) is 30.2 Å². The number of nitro groups is 1. The largest absolute Gasteiger partial charge is 0.480 e. The van der Waals surface area contributed by atoms with Crippen molar-refractivity contribution in [2.45, 2.75) is 49.8 Å². The van der Waals surface area contributed by atoms with Gasteiger partial charge in [0, 0.05) is 25.2 Å². The molecule has 15 nitrogen and oxygen atoms in total. The average molecular weight is 531 g/mol. The Hall–Kier alpha value is -3.76. The zero-order valence-electron chi connectivity index (χ0n) is 20.4. The Labute approximate surface area is 216 Å². The van der Waals surface area contributed by atoms with Crippen LogP contribution in [0.5, 0.6) is 0 Å². The van der Waals surface area contributed by atoms with Gasteiger partial charge in [-0.3, -0.25) is 19.5 Å². The van der Waals surface area contributed by atoms with Crippen molar-refractivity contribution in [1.29, 1.82) is 0 Å². The van der Waals surface area contributed by atoms with Crippen LogP contribution >= 0.6 is 0 Å². The molecule has 0 radical (unpaired) electrons. The van der Waals surface area contributed by atoms with Crippen LogP contribution in [0.2, 0.25) is 0 Å². The highest BCUT2D eigenvalue weighted by molar-refractivity contribution is 5.81. The van der Waals surface area contributed by atoms with E-state index in [2.05, 4.69) is 15.0 Å². The molecule has 38 heavy (non-hydrogen) atoms. The van der Waals surface area contributed by atoms with Gasteiger partial charge in [0.2, 0.25) is 0 Å². The van der Waals surface area contributed by atoms with Gasteiger partial charge in [0.1, 0.15) is 36.2 Å². The number of nitrogen functional groups attached to an aromatic ring is 1. The van der Waals surface area contributed by atoms with E-state index in [1.54, 1.807) is 12.1 Å². The molecule has 204 valence electrons. The number of hydrogen-bond donors (Lipinski definition) is 5. The number of fused-ring (bicyclic) bond motifs is 1. The van der Waals surface area contributed by atoms with E-state index in [4.69, 9.17) is 16.2 Å². The zero-order valence-corrected chi connectivity index (χ0v) is 20.4. The number of rotatable bonds is 12. The minimum absolute atomic E-state index is 0.0123. The number of aryl methyl sites for hydroxylation is 1. The van der Waals surface area contributed by atoms with Crippen molar-refractivity contribution in [3.8, 4) is 0 Å². The minimum Gasteiger partial charge on any atom is -0.480 e. The standard InChI is InChI=1S/C23H30N8O7/c24-15(23(34)35)7-9-29(8-1-2-13-3-5-14(6-4-13)31(36)37)10-16-18(32)19(33)22(38-16)30-12-28-17-20(25)26-11-27-21(17)30/h3-6,11-12,15-16,18-19,22,32-33H,1-2,7-10,24H2,(H,34,35)(H2,25,26,27)/t15-,16+,18+,19+,22+/m0/s1. The van der Waals surface area contributed by atoms with Gasteiger partial charge < -0.3 is 36.4 Å². The van der Waals surface area contributed by atoms with Gasteiger partial charge in [0.05, 0.1) is 11.3 Å². The van der Waals surface area contributed by atoms with Crippen LogP contribution in [0.3, 0.4) is 0 Å². The van der Waals surface area contributed by atoms with Gasteiger partial charge in [0.25, 0.3) is 5.69 Å². The number of carboxylic acids is 1. The van der Waals surface area contributed by atoms with Crippen molar-refractivity contribution in [3.05, 3.63) is 52.6 Å². The van der Waals surface area contributed by atoms with Crippen LogP contribution in [0.15, 0.2) is 36.9 Å². The Bertz CT molecular complexity index is 1270. The second kappa shape index (κ2) is 11.7. The smallest absolute Gasteiger partial charge is 0.320 e. The molecule has 1 saturated heterocycles. The first kappa shape index (κ1) is 27.3. The molecule has 7 N–H and O–H groups in total. The topological polar surface area (TPSA) is 229 Å². The van der Waals surface area contributed by atoms with Gasteiger partial charge in [-0.25, -0.2) is 15.0 Å². The number of aliphatic hydroxyl groups is 2. The lowest BCUT2D eigenvalue weighted by molar-refractivity contribution is -0.384. The summed E-state index contributed by atoms with van der Waals surface area (Å²) < 4.78 is 7.52. The molecule has 0 bridgehead atoms. The van der Waals surface area contributed by atoms with E-state index in [0.29, 0.717) is 37.1 Å². The highest BCUT2D eigenvalue weighted by Gasteiger charge is 2.44. The number of aliphatic hydroxyl groups excluding tert-OH is 2. The Balaban J connectivity index is 1.43. The van der Waals surface area contributed by atoms with Gasteiger partial charge in [-0.15, -0.1) is 0 Å². The summed E-state index contributed by atoms with van der Waals surface area (Å²) in [6, 6.07) is 5.23. The first-order valence-corrected chi connectivity index (χ1v) is 12.0. The number of non-ortho nitro benzene ring substituents is 1. The summed E-state index contributed by atoms with van der Waals surface area (Å²) in [6.45, 7) is 1.03. The molecule has 0 spiro atoms. The second-order valence-corrected chi connectivity index (χ2v) is 9.19. The summed E-state index contributed by atoms with van der Waals surface area (Å²) in [5.41, 5.74) is 13.2. The van der Waals surface area contributed by atoms with Crippen molar-refractivity contribution in [3.63, 3.8) is 0 Å². The van der Waals surface area contributed by atoms with Crippen molar-refractivity contribution in [2.75, 3.05) is 25.4 Å². The fraction of sp³-hybridized carbons (Fsp3) is 0.478. The van der Waals surface area contributed by atoms with Crippen molar-refractivity contribution in [2.24, 2.45) is 5.73 Å². The van der Waals surface area contributed by atoms with E-state index >= 15 is 0 Å². The average Bonchev–Trinajstić information content (AvgIpc) is 3.44. The Kier molecular flexibility index (Phi) is 8.43. The van der Waals surface area contributed by atoms with E-state index < -0.39 is 41.5 Å². The summed E-state index contributed by atoms with van der Waals surface area (Å²) in [4.78, 5) is 35.8. The molecule has 1 aliphatic rings. The number of ether oxygens (including phenoxy) is 1. The van der Waals surface area contributed by atoms with Crippen LogP contribution in [0.1, 0.15) is 24.6 Å². The molecule has 3 aromatic rings. The molecule has 5 atom stereocenters. The molecule has 1 fully saturated rings. The molecular weight excluding hydrogens is 500 g/mol. The minimum atomic E-state index is -1.28. The van der Waals surface area contributed by atoms with Gasteiger partial charge in [0.15, 0.2) is 17.7 Å². The summed E-state index contributed by atoms with van der Waals surface area (Å²) in [7, 11) is 0. The third-order valence-electron chi connectivity index (χ3n) is 6.60. The summed E-state index contributed by atoms with van der Waals surface area (Å²) in [5, 5.41) is 41.6. The number of carboxylic acid groups (broad SMARTS) is 1. The number of aliphatic carboxylic acids is 1. The van der Waals surface area contributed by atoms with Crippen LogP contribution in [-0.2, 0) is 16.0 Å². The van der Waals surface area contributed by atoms with E-state index in [1.807, 2.05) is 4.90 Å². The molecule has 15 heteroatoms. The monoisotopic (exact) mass is 530 g/mol. The molecule has 2 aromatic heterocycles. The first-order chi connectivity index (χ1) is 18.2. The number of carbonyl (C=O) groups is 1. The Morgan fingerprint density at radius 2 is 1.92 bits per heavy atom. The third-order valence-corrected chi connectivity index (χ3v) is 6.60. The second-order valence-electron chi connectivity index (χ2n) is 9.19. The van der Waals surface area contributed by atoms with Crippen LogP contribution in [0.4, 0.5) is 11.5 Å². The van der Waals surface area contributed by atoms with Crippen LogP contribution < -0.4 is 11.5 Å². The number of hydrogen-bond acceptors (Lipinski definition) is 12. The maximum absolute atomic E-state index is 11.2. The van der Waals surface area contributed by atoms with Gasteiger partial charge in [-0.1, -0.05) is 12.1 Å². The lowest BCUT2D eigenvalue weighted by atomic mass is 10.1. The third kappa shape index (κ3) is 6.03. The SMILES string of the molecule is Nc1ncnc2c1ncn2[C@@H]1O[C@H](CN(CCCc2ccc([N+](=O)[O-])cc2)CC[C@H](N)C(=O)O)[C@@H](O)[C@H]1O. The maximum Gasteiger partial charge on any atom is 0.320 e. The van der Waals surface area contributed by atoms with Crippen LogP contribution in [0, 0.1) is 10.1 Å². The normalized spacial score (nSPS) is 22.2. The molecular formula is C23H30N8O7. The number of anilines is 1. The van der Waals surface area contributed by atoms with Gasteiger partial charge in [-0.2, -0.15) is 0 Å². The molecule has 4 rings (SSSR count). The van der Waals surface area contributed by atoms with E-state index in [-0.39, 0.29) is 24.5 Å². The van der Waals surface area contributed by atoms with Crippen molar-refractivity contribution >= 4 is 28.6 Å². The number of benzene rings is 1. The molecule has 0 amide bonds. The van der Waals surface area contributed by atoms with Gasteiger partial charge >= 0.3 is 5.97 Å². The number of nitrogens with zero attached hydrogens (tertiary/aromatic N) is 6.